The number of para-hydroxylation sites is 2. The lowest BCUT2D eigenvalue weighted by Gasteiger charge is -2.07. The predicted octanol–water partition coefficient (Wildman–Crippen LogP) is 2.46. The molecule has 0 amide bonds. The third kappa shape index (κ3) is 2.14. The normalized spacial score (nSPS) is 11.6. The molecule has 21 heavy (non-hydrogen) atoms. The Balaban J connectivity index is 2.15. The Kier molecular flexibility index (Phi) is 3.32. The summed E-state index contributed by atoms with van der Waals surface area (Å²) < 4.78 is 29.6. The number of benzene rings is 1. The zero-order valence-corrected chi connectivity index (χ0v) is 11.4. The lowest BCUT2D eigenvalue weighted by Crippen LogP contribution is -2.25. The van der Waals surface area contributed by atoms with Gasteiger partial charge in [-0.1, -0.05) is 12.1 Å². The lowest BCUT2D eigenvalue weighted by atomic mass is 10.3. The van der Waals surface area contributed by atoms with Crippen LogP contribution in [-0.4, -0.2) is 18.7 Å². The minimum Gasteiger partial charge on any atom is -0.292 e. The van der Waals surface area contributed by atoms with E-state index in [-0.39, 0.29) is 18.1 Å². The summed E-state index contributed by atoms with van der Waals surface area (Å²) in [7, 11) is 0. The molecule has 110 valence electrons. The van der Waals surface area contributed by atoms with E-state index in [9.17, 15) is 13.6 Å². The molecule has 0 spiro atoms. The van der Waals surface area contributed by atoms with E-state index in [0.29, 0.717) is 12.1 Å². The summed E-state index contributed by atoms with van der Waals surface area (Å²) >= 11 is 0. The molecule has 0 N–H and O–H groups in total. The van der Waals surface area contributed by atoms with E-state index < -0.39 is 6.55 Å². The summed E-state index contributed by atoms with van der Waals surface area (Å²) in [5.74, 6) is 0.158. The van der Waals surface area contributed by atoms with Crippen LogP contribution in [0.1, 0.15) is 19.3 Å². The second-order valence-corrected chi connectivity index (χ2v) is 4.63. The van der Waals surface area contributed by atoms with Crippen molar-refractivity contribution < 1.29 is 8.78 Å². The molecule has 2 heterocycles. The van der Waals surface area contributed by atoms with Gasteiger partial charge in [0.05, 0.1) is 17.6 Å². The van der Waals surface area contributed by atoms with E-state index >= 15 is 0 Å². The second-order valence-electron chi connectivity index (χ2n) is 4.63. The van der Waals surface area contributed by atoms with Crippen LogP contribution in [0.15, 0.2) is 41.5 Å². The number of alkyl halides is 2. The Hall–Kier alpha value is -2.44. The molecule has 7 heteroatoms. The van der Waals surface area contributed by atoms with Gasteiger partial charge in [-0.3, -0.25) is 13.7 Å². The van der Waals surface area contributed by atoms with Gasteiger partial charge >= 0.3 is 12.2 Å². The standard InChI is InChI=1S/C14H14F2N4O/c1-2-18-10-5-3-4-6-11(10)20(14(18)21)9-12-17-7-8-19(12)13(15)16/h3-8,13H,2,9H2,1H3. The number of hydrogen-bond donors (Lipinski definition) is 0. The molecule has 0 aliphatic rings. The van der Waals surface area contributed by atoms with Gasteiger partial charge in [-0.25, -0.2) is 9.78 Å². The van der Waals surface area contributed by atoms with E-state index in [0.717, 1.165) is 10.1 Å². The van der Waals surface area contributed by atoms with Gasteiger partial charge in [0.25, 0.3) is 0 Å². The molecule has 3 rings (SSSR count). The first kappa shape index (κ1) is 13.5. The molecule has 0 aliphatic heterocycles. The summed E-state index contributed by atoms with van der Waals surface area (Å²) in [5, 5.41) is 0. The topological polar surface area (TPSA) is 44.8 Å². The van der Waals surface area contributed by atoms with Gasteiger partial charge < -0.3 is 0 Å². The van der Waals surface area contributed by atoms with Gasteiger partial charge in [0, 0.05) is 18.9 Å². The number of halogens is 2. The smallest absolute Gasteiger partial charge is 0.292 e. The Bertz CT molecular complexity index is 831. The maximum atomic E-state index is 12.9. The molecule has 0 saturated carbocycles. The largest absolute Gasteiger partial charge is 0.329 e. The van der Waals surface area contributed by atoms with Crippen LogP contribution in [0.5, 0.6) is 0 Å². The number of hydrogen-bond acceptors (Lipinski definition) is 2. The summed E-state index contributed by atoms with van der Waals surface area (Å²) in [6, 6.07) is 7.31. The average Bonchev–Trinajstić information content (AvgIpc) is 3.03. The maximum absolute atomic E-state index is 12.9. The molecular weight excluding hydrogens is 278 g/mol. The third-order valence-corrected chi connectivity index (χ3v) is 3.50. The summed E-state index contributed by atoms with van der Waals surface area (Å²) in [6.45, 7) is -0.254. The summed E-state index contributed by atoms with van der Waals surface area (Å²) in [5.41, 5.74) is 1.29. The molecule has 0 bridgehead atoms. The minimum atomic E-state index is -2.67. The molecule has 3 aromatic rings. The highest BCUT2D eigenvalue weighted by atomic mass is 19.3. The number of nitrogens with zero attached hydrogens (tertiary/aromatic N) is 4. The van der Waals surface area contributed by atoms with Crippen LogP contribution in [0, 0.1) is 0 Å². The number of aromatic nitrogens is 4. The molecule has 2 aromatic heterocycles. The molecule has 0 atom stereocenters. The van der Waals surface area contributed by atoms with Crippen LogP contribution in [-0.2, 0) is 13.1 Å². The fourth-order valence-corrected chi connectivity index (χ4v) is 2.52. The van der Waals surface area contributed by atoms with E-state index in [1.54, 1.807) is 10.6 Å². The summed E-state index contributed by atoms with van der Waals surface area (Å²) in [4.78, 5) is 16.4. The highest BCUT2D eigenvalue weighted by Crippen LogP contribution is 2.16. The van der Waals surface area contributed by atoms with Crippen molar-refractivity contribution in [2.75, 3.05) is 0 Å². The van der Waals surface area contributed by atoms with Crippen LogP contribution >= 0.6 is 0 Å². The number of rotatable bonds is 4. The van der Waals surface area contributed by atoms with Gasteiger partial charge in [0.15, 0.2) is 0 Å². The van der Waals surface area contributed by atoms with Crippen LogP contribution in [0.4, 0.5) is 8.78 Å². The highest BCUT2D eigenvalue weighted by molar-refractivity contribution is 5.76. The SMILES string of the molecule is CCn1c(=O)n(Cc2nccn2C(F)F)c2ccccc21. The molecule has 1 aromatic carbocycles. The Morgan fingerprint density at radius 3 is 2.48 bits per heavy atom. The molecule has 5 nitrogen and oxygen atoms in total. The van der Waals surface area contributed by atoms with Gasteiger partial charge in [-0.15, -0.1) is 0 Å². The van der Waals surface area contributed by atoms with E-state index in [1.165, 1.54) is 17.0 Å². The van der Waals surface area contributed by atoms with Crippen molar-refractivity contribution in [3.05, 3.63) is 53.0 Å². The van der Waals surface area contributed by atoms with Gasteiger partial charge in [0.1, 0.15) is 5.82 Å². The number of aryl methyl sites for hydroxylation is 1. The Labute approximate surface area is 119 Å². The quantitative estimate of drug-likeness (QED) is 0.741. The van der Waals surface area contributed by atoms with Crippen molar-refractivity contribution in [2.45, 2.75) is 26.6 Å². The van der Waals surface area contributed by atoms with Crippen molar-refractivity contribution in [3.8, 4) is 0 Å². The minimum absolute atomic E-state index is 0.0175. The monoisotopic (exact) mass is 292 g/mol. The van der Waals surface area contributed by atoms with Crippen LogP contribution in [0.2, 0.25) is 0 Å². The zero-order valence-electron chi connectivity index (χ0n) is 11.4. The van der Waals surface area contributed by atoms with Crippen LogP contribution in [0.25, 0.3) is 11.0 Å². The summed E-state index contributed by atoms with van der Waals surface area (Å²) in [6.07, 6.45) is 2.52. The average molecular weight is 292 g/mol. The van der Waals surface area contributed by atoms with E-state index in [4.69, 9.17) is 0 Å². The van der Waals surface area contributed by atoms with Crippen molar-refractivity contribution in [1.29, 1.82) is 0 Å². The second kappa shape index (κ2) is 5.16. The first-order valence-corrected chi connectivity index (χ1v) is 6.61. The van der Waals surface area contributed by atoms with E-state index in [2.05, 4.69) is 4.98 Å². The zero-order chi connectivity index (χ0) is 15.0. The lowest BCUT2D eigenvalue weighted by molar-refractivity contribution is 0.0667. The molecule has 0 unspecified atom stereocenters. The van der Waals surface area contributed by atoms with Crippen molar-refractivity contribution in [1.82, 2.24) is 18.7 Å². The first-order valence-electron chi connectivity index (χ1n) is 6.61. The Morgan fingerprint density at radius 2 is 1.86 bits per heavy atom. The van der Waals surface area contributed by atoms with E-state index in [1.807, 2.05) is 25.1 Å². The number of imidazole rings is 2. The molecule has 0 radical (unpaired) electrons. The van der Waals surface area contributed by atoms with Gasteiger partial charge in [0.2, 0.25) is 0 Å². The van der Waals surface area contributed by atoms with Gasteiger partial charge in [-0.05, 0) is 19.1 Å². The first-order chi connectivity index (χ1) is 10.1. The molecule has 0 fully saturated rings. The van der Waals surface area contributed by atoms with Gasteiger partial charge in [-0.2, -0.15) is 8.78 Å². The molecule has 0 aliphatic carbocycles. The highest BCUT2D eigenvalue weighted by Gasteiger charge is 2.16. The number of fused-ring (bicyclic) bond motifs is 1. The fraction of sp³-hybridized carbons (Fsp3) is 0.286. The predicted molar refractivity (Wildman–Crippen MR) is 74.5 cm³/mol. The van der Waals surface area contributed by atoms with Crippen molar-refractivity contribution in [3.63, 3.8) is 0 Å². The van der Waals surface area contributed by atoms with Crippen molar-refractivity contribution >= 4 is 11.0 Å². The van der Waals surface area contributed by atoms with Crippen molar-refractivity contribution in [2.24, 2.45) is 0 Å². The van der Waals surface area contributed by atoms with Crippen LogP contribution in [0.3, 0.4) is 0 Å². The Morgan fingerprint density at radius 1 is 1.19 bits per heavy atom. The molecular formula is C14H14F2N4O. The fourth-order valence-electron chi connectivity index (χ4n) is 2.52. The van der Waals surface area contributed by atoms with Crippen LogP contribution < -0.4 is 5.69 Å². The third-order valence-electron chi connectivity index (χ3n) is 3.50. The maximum Gasteiger partial charge on any atom is 0.329 e. The molecule has 0 saturated heterocycles.